The molecule has 0 saturated heterocycles. The van der Waals surface area contributed by atoms with Gasteiger partial charge < -0.3 is 5.32 Å². The highest BCUT2D eigenvalue weighted by Crippen LogP contribution is 2.12. The molecule has 7 heteroatoms. The molecule has 1 N–H and O–H groups in total. The Bertz CT molecular complexity index is 364. The second-order valence-electron chi connectivity index (χ2n) is 2.88. The SMILES string of the molecule is Cc1cc(C(=O)NCC(F)(F)F)cnn1. The molecule has 1 aromatic rings. The maximum atomic E-state index is 11.8. The van der Waals surface area contributed by atoms with Gasteiger partial charge in [0.2, 0.25) is 0 Å². The van der Waals surface area contributed by atoms with Crippen LogP contribution in [0.5, 0.6) is 0 Å². The molecule has 4 nitrogen and oxygen atoms in total. The van der Waals surface area contributed by atoms with Gasteiger partial charge >= 0.3 is 6.18 Å². The molecule has 0 atom stereocenters. The summed E-state index contributed by atoms with van der Waals surface area (Å²) in [6.45, 7) is 0.237. The van der Waals surface area contributed by atoms with E-state index in [1.807, 2.05) is 0 Å². The second-order valence-corrected chi connectivity index (χ2v) is 2.88. The molecule has 1 heterocycles. The summed E-state index contributed by atoms with van der Waals surface area (Å²) in [6.07, 6.45) is -3.30. The summed E-state index contributed by atoms with van der Waals surface area (Å²) in [4.78, 5) is 11.2. The fraction of sp³-hybridized carbons (Fsp3) is 0.375. The van der Waals surface area contributed by atoms with Gasteiger partial charge in [0.1, 0.15) is 6.54 Å². The molecule has 0 spiro atoms. The van der Waals surface area contributed by atoms with E-state index < -0.39 is 18.6 Å². The van der Waals surface area contributed by atoms with Crippen LogP contribution in [-0.4, -0.2) is 28.8 Å². The van der Waals surface area contributed by atoms with Crippen LogP contribution in [0.25, 0.3) is 0 Å². The molecular formula is C8H8F3N3O. The summed E-state index contributed by atoms with van der Waals surface area (Å²) in [5.74, 6) is -0.815. The number of carbonyl (C=O) groups excluding carboxylic acids is 1. The Hall–Kier alpha value is -1.66. The molecule has 0 aliphatic rings. The van der Waals surface area contributed by atoms with Crippen molar-refractivity contribution in [1.82, 2.24) is 15.5 Å². The fourth-order valence-electron chi connectivity index (χ4n) is 0.880. The predicted molar refractivity (Wildman–Crippen MR) is 45.2 cm³/mol. The van der Waals surface area contributed by atoms with E-state index in [-0.39, 0.29) is 5.56 Å². The van der Waals surface area contributed by atoms with Gasteiger partial charge in [-0.1, -0.05) is 0 Å². The van der Waals surface area contributed by atoms with Crippen LogP contribution < -0.4 is 5.32 Å². The number of alkyl halides is 3. The number of halogens is 3. The first-order valence-electron chi connectivity index (χ1n) is 4.03. The Balaban J connectivity index is 2.62. The van der Waals surface area contributed by atoms with Crippen LogP contribution in [0.1, 0.15) is 16.1 Å². The monoisotopic (exact) mass is 219 g/mol. The Morgan fingerprint density at radius 2 is 2.20 bits per heavy atom. The number of nitrogens with zero attached hydrogens (tertiary/aromatic N) is 2. The molecule has 0 aliphatic heterocycles. The Morgan fingerprint density at radius 3 is 2.73 bits per heavy atom. The van der Waals surface area contributed by atoms with Gasteiger partial charge in [-0.05, 0) is 13.0 Å². The predicted octanol–water partition coefficient (Wildman–Crippen LogP) is 1.08. The van der Waals surface area contributed by atoms with Gasteiger partial charge in [-0.25, -0.2) is 0 Å². The van der Waals surface area contributed by atoms with E-state index in [4.69, 9.17) is 0 Å². The summed E-state index contributed by atoms with van der Waals surface area (Å²) in [5.41, 5.74) is 0.529. The van der Waals surface area contributed by atoms with Crippen LogP contribution in [-0.2, 0) is 0 Å². The largest absolute Gasteiger partial charge is 0.405 e. The number of carbonyl (C=O) groups is 1. The fourth-order valence-corrected chi connectivity index (χ4v) is 0.880. The number of nitrogens with one attached hydrogen (secondary N) is 1. The Labute approximate surface area is 83.5 Å². The molecule has 1 rings (SSSR count). The van der Waals surface area contributed by atoms with Gasteiger partial charge in [-0.3, -0.25) is 4.79 Å². The lowest BCUT2D eigenvalue weighted by Crippen LogP contribution is -2.33. The van der Waals surface area contributed by atoms with Crippen LogP contribution in [0.4, 0.5) is 13.2 Å². The summed E-state index contributed by atoms with van der Waals surface area (Å²) in [6, 6.07) is 1.36. The number of aryl methyl sites for hydroxylation is 1. The van der Waals surface area contributed by atoms with Crippen molar-refractivity contribution in [3.05, 3.63) is 23.5 Å². The Kier molecular flexibility index (Phi) is 3.23. The highest BCUT2D eigenvalue weighted by Gasteiger charge is 2.27. The summed E-state index contributed by atoms with van der Waals surface area (Å²) in [5, 5.41) is 8.77. The van der Waals surface area contributed by atoms with Crippen molar-refractivity contribution in [2.24, 2.45) is 0 Å². The van der Waals surface area contributed by atoms with E-state index in [9.17, 15) is 18.0 Å². The highest BCUT2D eigenvalue weighted by molar-refractivity contribution is 5.93. The van der Waals surface area contributed by atoms with Crippen LogP contribution in [0.2, 0.25) is 0 Å². The van der Waals surface area contributed by atoms with Crippen LogP contribution in [0.3, 0.4) is 0 Å². The molecule has 0 aromatic carbocycles. The third-order valence-electron chi connectivity index (χ3n) is 1.49. The Morgan fingerprint density at radius 1 is 1.53 bits per heavy atom. The van der Waals surface area contributed by atoms with Gasteiger partial charge in [-0.2, -0.15) is 23.4 Å². The van der Waals surface area contributed by atoms with Crippen molar-refractivity contribution < 1.29 is 18.0 Å². The van der Waals surface area contributed by atoms with E-state index in [1.165, 1.54) is 6.07 Å². The molecule has 1 amide bonds. The van der Waals surface area contributed by atoms with Gasteiger partial charge in [0, 0.05) is 0 Å². The van der Waals surface area contributed by atoms with Gasteiger partial charge in [0.05, 0.1) is 17.5 Å². The van der Waals surface area contributed by atoms with Crippen molar-refractivity contribution >= 4 is 5.91 Å². The zero-order valence-electron chi connectivity index (χ0n) is 7.80. The quantitative estimate of drug-likeness (QED) is 0.809. The zero-order valence-corrected chi connectivity index (χ0v) is 7.80. The number of aromatic nitrogens is 2. The molecule has 15 heavy (non-hydrogen) atoms. The number of amides is 1. The lowest BCUT2D eigenvalue weighted by molar-refractivity contribution is -0.123. The first kappa shape index (κ1) is 11.4. The highest BCUT2D eigenvalue weighted by atomic mass is 19.4. The standard InChI is InChI=1S/C8H8F3N3O/c1-5-2-6(3-13-14-5)7(15)12-4-8(9,10)11/h2-3H,4H2,1H3,(H,12,15). The molecule has 1 aromatic heterocycles. The maximum Gasteiger partial charge on any atom is 0.405 e. The van der Waals surface area contributed by atoms with Crippen molar-refractivity contribution in [2.45, 2.75) is 13.1 Å². The van der Waals surface area contributed by atoms with Gasteiger partial charge in [0.15, 0.2) is 0 Å². The molecule has 0 radical (unpaired) electrons. The van der Waals surface area contributed by atoms with Crippen molar-refractivity contribution in [2.75, 3.05) is 6.54 Å². The van der Waals surface area contributed by atoms with Crippen molar-refractivity contribution in [3.8, 4) is 0 Å². The van der Waals surface area contributed by atoms with Gasteiger partial charge in [0.25, 0.3) is 5.91 Å². The normalized spacial score (nSPS) is 11.2. The minimum atomic E-state index is -4.41. The first-order chi connectivity index (χ1) is 6.88. The summed E-state index contributed by atoms with van der Waals surface area (Å²) >= 11 is 0. The third-order valence-corrected chi connectivity index (χ3v) is 1.49. The molecule has 0 bridgehead atoms. The van der Waals surface area contributed by atoms with E-state index in [1.54, 1.807) is 12.2 Å². The molecular weight excluding hydrogens is 211 g/mol. The van der Waals surface area contributed by atoms with E-state index in [2.05, 4.69) is 10.2 Å². The lowest BCUT2D eigenvalue weighted by Gasteiger charge is -2.07. The van der Waals surface area contributed by atoms with E-state index in [0.29, 0.717) is 5.69 Å². The van der Waals surface area contributed by atoms with E-state index >= 15 is 0 Å². The van der Waals surface area contributed by atoms with Crippen LogP contribution in [0.15, 0.2) is 12.3 Å². The van der Waals surface area contributed by atoms with Crippen molar-refractivity contribution in [3.63, 3.8) is 0 Å². The molecule has 82 valence electrons. The minimum absolute atomic E-state index is 0.0618. The zero-order chi connectivity index (χ0) is 11.5. The first-order valence-corrected chi connectivity index (χ1v) is 4.03. The molecule has 0 unspecified atom stereocenters. The summed E-state index contributed by atoms with van der Waals surface area (Å²) in [7, 11) is 0. The second kappa shape index (κ2) is 4.24. The van der Waals surface area contributed by atoms with Crippen LogP contribution in [0, 0.1) is 6.92 Å². The summed E-state index contributed by atoms with van der Waals surface area (Å²) < 4.78 is 35.3. The van der Waals surface area contributed by atoms with Gasteiger partial charge in [-0.15, -0.1) is 0 Å². The molecule has 0 aliphatic carbocycles. The number of rotatable bonds is 2. The topological polar surface area (TPSA) is 54.9 Å². The number of hydrogen-bond acceptors (Lipinski definition) is 3. The smallest absolute Gasteiger partial charge is 0.343 e. The average molecular weight is 219 g/mol. The third kappa shape index (κ3) is 3.92. The van der Waals surface area contributed by atoms with E-state index in [0.717, 1.165) is 6.20 Å². The maximum absolute atomic E-state index is 11.8. The average Bonchev–Trinajstić information content (AvgIpc) is 2.13. The molecule has 0 fully saturated rings. The lowest BCUT2D eigenvalue weighted by atomic mass is 10.2. The van der Waals surface area contributed by atoms with Crippen molar-refractivity contribution in [1.29, 1.82) is 0 Å². The minimum Gasteiger partial charge on any atom is -0.343 e. The molecule has 0 saturated carbocycles. The number of hydrogen-bond donors (Lipinski definition) is 1. The van der Waals surface area contributed by atoms with Crippen LogP contribution >= 0.6 is 0 Å².